The number of rotatable bonds is 5. The van der Waals surface area contributed by atoms with Gasteiger partial charge < -0.3 is 10.1 Å². The standard InChI is InChI=1S/C14H21BrN2O/c1-12(11-17-6-8-18-9-7-17)16-10-13-4-2-3-5-14(13)15/h2-5,12,16H,6-11H2,1H3. The number of ether oxygens (including phenoxy) is 1. The Balaban J connectivity index is 1.74. The summed E-state index contributed by atoms with van der Waals surface area (Å²) >= 11 is 3.58. The quantitative estimate of drug-likeness (QED) is 0.902. The third-order valence-electron chi connectivity index (χ3n) is 3.23. The van der Waals surface area contributed by atoms with Crippen LogP contribution in [0.15, 0.2) is 28.7 Å². The highest BCUT2D eigenvalue weighted by molar-refractivity contribution is 9.10. The van der Waals surface area contributed by atoms with Crippen molar-refractivity contribution < 1.29 is 4.74 Å². The Hall–Kier alpha value is -0.420. The molecule has 2 rings (SSSR count). The maximum Gasteiger partial charge on any atom is 0.0594 e. The fraction of sp³-hybridized carbons (Fsp3) is 0.571. The topological polar surface area (TPSA) is 24.5 Å². The van der Waals surface area contributed by atoms with E-state index < -0.39 is 0 Å². The molecule has 0 aliphatic carbocycles. The van der Waals surface area contributed by atoms with Gasteiger partial charge in [0.15, 0.2) is 0 Å². The fourth-order valence-electron chi connectivity index (χ4n) is 2.16. The zero-order chi connectivity index (χ0) is 12.8. The first-order chi connectivity index (χ1) is 8.75. The van der Waals surface area contributed by atoms with Crippen molar-refractivity contribution in [1.82, 2.24) is 10.2 Å². The molecule has 3 nitrogen and oxygen atoms in total. The molecule has 1 saturated heterocycles. The highest BCUT2D eigenvalue weighted by Gasteiger charge is 2.13. The average Bonchev–Trinajstić information content (AvgIpc) is 2.39. The van der Waals surface area contributed by atoms with E-state index in [4.69, 9.17) is 4.74 Å². The van der Waals surface area contributed by atoms with Crippen molar-refractivity contribution in [2.75, 3.05) is 32.8 Å². The molecule has 1 atom stereocenters. The number of nitrogens with one attached hydrogen (secondary N) is 1. The first-order valence-corrected chi connectivity index (χ1v) is 7.32. The molecule has 1 aromatic carbocycles. The Morgan fingerprint density at radius 1 is 1.33 bits per heavy atom. The SMILES string of the molecule is CC(CN1CCOCC1)NCc1ccccc1Br. The number of morpholine rings is 1. The summed E-state index contributed by atoms with van der Waals surface area (Å²) in [6, 6.07) is 8.86. The molecule has 0 saturated carbocycles. The lowest BCUT2D eigenvalue weighted by Crippen LogP contribution is -2.44. The van der Waals surface area contributed by atoms with E-state index in [2.05, 4.69) is 51.3 Å². The van der Waals surface area contributed by atoms with Gasteiger partial charge in [-0.05, 0) is 18.6 Å². The molecule has 1 aliphatic rings. The summed E-state index contributed by atoms with van der Waals surface area (Å²) in [7, 11) is 0. The van der Waals surface area contributed by atoms with Gasteiger partial charge in [-0.3, -0.25) is 4.90 Å². The van der Waals surface area contributed by atoms with E-state index in [0.717, 1.165) is 39.4 Å². The molecule has 1 N–H and O–H groups in total. The van der Waals surface area contributed by atoms with Crippen LogP contribution >= 0.6 is 15.9 Å². The molecule has 0 amide bonds. The molecule has 1 unspecified atom stereocenters. The molecule has 18 heavy (non-hydrogen) atoms. The Morgan fingerprint density at radius 3 is 2.78 bits per heavy atom. The normalized spacial score (nSPS) is 18.8. The van der Waals surface area contributed by atoms with Crippen LogP contribution in [0.1, 0.15) is 12.5 Å². The second kappa shape index (κ2) is 7.24. The third kappa shape index (κ3) is 4.35. The molecule has 1 aromatic rings. The van der Waals surface area contributed by atoms with Crippen LogP contribution in [0.5, 0.6) is 0 Å². The Bertz CT molecular complexity index is 367. The minimum atomic E-state index is 0.496. The number of benzene rings is 1. The molecular weight excluding hydrogens is 292 g/mol. The zero-order valence-corrected chi connectivity index (χ0v) is 12.4. The second-order valence-corrected chi connectivity index (χ2v) is 5.64. The maximum atomic E-state index is 5.36. The summed E-state index contributed by atoms with van der Waals surface area (Å²) in [5.74, 6) is 0. The van der Waals surface area contributed by atoms with Gasteiger partial charge in [-0.1, -0.05) is 34.1 Å². The van der Waals surface area contributed by atoms with Gasteiger partial charge in [0.05, 0.1) is 13.2 Å². The van der Waals surface area contributed by atoms with Gasteiger partial charge >= 0.3 is 0 Å². The zero-order valence-electron chi connectivity index (χ0n) is 10.9. The Labute approximate surface area is 118 Å². The molecule has 0 radical (unpaired) electrons. The maximum absolute atomic E-state index is 5.36. The average molecular weight is 313 g/mol. The van der Waals surface area contributed by atoms with Gasteiger partial charge in [-0.2, -0.15) is 0 Å². The van der Waals surface area contributed by atoms with E-state index >= 15 is 0 Å². The molecule has 1 aliphatic heterocycles. The van der Waals surface area contributed by atoms with Gasteiger partial charge in [0.1, 0.15) is 0 Å². The molecule has 0 bridgehead atoms. The fourth-order valence-corrected chi connectivity index (χ4v) is 2.59. The van der Waals surface area contributed by atoms with Gasteiger partial charge in [-0.25, -0.2) is 0 Å². The summed E-state index contributed by atoms with van der Waals surface area (Å²) < 4.78 is 6.53. The summed E-state index contributed by atoms with van der Waals surface area (Å²) in [5, 5.41) is 3.57. The lowest BCUT2D eigenvalue weighted by atomic mass is 10.2. The van der Waals surface area contributed by atoms with Crippen molar-refractivity contribution in [3.63, 3.8) is 0 Å². The van der Waals surface area contributed by atoms with E-state index in [1.807, 2.05) is 6.07 Å². The summed E-state index contributed by atoms with van der Waals surface area (Å²) in [6.45, 7) is 8.10. The molecule has 1 heterocycles. The van der Waals surface area contributed by atoms with Crippen LogP contribution in [-0.2, 0) is 11.3 Å². The highest BCUT2D eigenvalue weighted by Crippen LogP contribution is 2.15. The van der Waals surface area contributed by atoms with Crippen LogP contribution in [0.25, 0.3) is 0 Å². The largest absolute Gasteiger partial charge is 0.379 e. The third-order valence-corrected chi connectivity index (χ3v) is 4.01. The smallest absolute Gasteiger partial charge is 0.0594 e. The minimum Gasteiger partial charge on any atom is -0.379 e. The van der Waals surface area contributed by atoms with E-state index in [1.54, 1.807) is 0 Å². The lowest BCUT2D eigenvalue weighted by Gasteiger charge is -2.29. The molecule has 4 heteroatoms. The predicted molar refractivity (Wildman–Crippen MR) is 77.7 cm³/mol. The first kappa shape index (κ1) is 14.0. The number of hydrogen-bond acceptors (Lipinski definition) is 3. The van der Waals surface area contributed by atoms with Gasteiger partial charge in [0.2, 0.25) is 0 Å². The van der Waals surface area contributed by atoms with Gasteiger partial charge in [-0.15, -0.1) is 0 Å². The van der Waals surface area contributed by atoms with Crippen molar-refractivity contribution in [2.24, 2.45) is 0 Å². The van der Waals surface area contributed by atoms with E-state index in [-0.39, 0.29) is 0 Å². The molecule has 0 spiro atoms. The molecule has 0 aromatic heterocycles. The van der Waals surface area contributed by atoms with E-state index in [1.165, 1.54) is 10.0 Å². The van der Waals surface area contributed by atoms with Crippen LogP contribution in [0, 0.1) is 0 Å². The predicted octanol–water partition coefficient (Wildman–Crippen LogP) is 2.26. The minimum absolute atomic E-state index is 0.496. The van der Waals surface area contributed by atoms with Crippen LogP contribution in [0.3, 0.4) is 0 Å². The number of nitrogens with zero attached hydrogens (tertiary/aromatic N) is 1. The van der Waals surface area contributed by atoms with Crippen molar-refractivity contribution in [3.05, 3.63) is 34.3 Å². The van der Waals surface area contributed by atoms with Gasteiger partial charge in [0, 0.05) is 36.7 Å². The van der Waals surface area contributed by atoms with Crippen molar-refractivity contribution in [2.45, 2.75) is 19.5 Å². The second-order valence-electron chi connectivity index (χ2n) is 4.79. The molecule has 1 fully saturated rings. The summed E-state index contributed by atoms with van der Waals surface area (Å²) in [6.07, 6.45) is 0. The Kier molecular flexibility index (Phi) is 5.63. The van der Waals surface area contributed by atoms with Crippen LogP contribution in [-0.4, -0.2) is 43.8 Å². The Morgan fingerprint density at radius 2 is 2.06 bits per heavy atom. The monoisotopic (exact) mass is 312 g/mol. The van der Waals surface area contributed by atoms with E-state index in [9.17, 15) is 0 Å². The van der Waals surface area contributed by atoms with Gasteiger partial charge in [0.25, 0.3) is 0 Å². The van der Waals surface area contributed by atoms with Crippen LogP contribution in [0.2, 0.25) is 0 Å². The van der Waals surface area contributed by atoms with Crippen molar-refractivity contribution in [3.8, 4) is 0 Å². The van der Waals surface area contributed by atoms with Crippen LogP contribution < -0.4 is 5.32 Å². The molecule has 100 valence electrons. The number of halogens is 1. The van der Waals surface area contributed by atoms with Crippen molar-refractivity contribution >= 4 is 15.9 Å². The van der Waals surface area contributed by atoms with E-state index in [0.29, 0.717) is 6.04 Å². The molecular formula is C14H21BrN2O. The first-order valence-electron chi connectivity index (χ1n) is 6.52. The highest BCUT2D eigenvalue weighted by atomic mass is 79.9. The lowest BCUT2D eigenvalue weighted by molar-refractivity contribution is 0.0343. The summed E-state index contributed by atoms with van der Waals surface area (Å²) in [4.78, 5) is 2.46. The van der Waals surface area contributed by atoms with Crippen LogP contribution in [0.4, 0.5) is 0 Å². The number of hydrogen-bond donors (Lipinski definition) is 1. The van der Waals surface area contributed by atoms with Crippen molar-refractivity contribution in [1.29, 1.82) is 0 Å². The summed E-state index contributed by atoms with van der Waals surface area (Å²) in [5.41, 5.74) is 1.31.